The van der Waals surface area contributed by atoms with Crippen LogP contribution in [0.2, 0.25) is 0 Å². The number of nitrogens with zero attached hydrogens (tertiary/aromatic N) is 1. The van der Waals surface area contributed by atoms with E-state index >= 15 is 0 Å². The van der Waals surface area contributed by atoms with Gasteiger partial charge in [0.25, 0.3) is 0 Å². The molecule has 2 aromatic rings. The van der Waals surface area contributed by atoms with Crippen molar-refractivity contribution in [1.29, 1.82) is 0 Å². The summed E-state index contributed by atoms with van der Waals surface area (Å²) < 4.78 is 1.78. The van der Waals surface area contributed by atoms with Gasteiger partial charge in [0.1, 0.15) is 0 Å². The van der Waals surface area contributed by atoms with Crippen LogP contribution in [-0.2, 0) is 7.05 Å². The summed E-state index contributed by atoms with van der Waals surface area (Å²) in [4.78, 5) is 24.2. The van der Waals surface area contributed by atoms with Crippen LogP contribution in [-0.4, -0.2) is 10.4 Å². The minimum absolute atomic E-state index is 0.214. The van der Waals surface area contributed by atoms with Crippen LogP contribution in [0.4, 0.5) is 0 Å². The highest BCUT2D eigenvalue weighted by Crippen LogP contribution is 2.11. The van der Waals surface area contributed by atoms with E-state index in [9.17, 15) is 9.59 Å². The third kappa shape index (κ3) is 2.12. The van der Waals surface area contributed by atoms with Gasteiger partial charge in [0, 0.05) is 30.6 Å². The van der Waals surface area contributed by atoms with E-state index in [-0.39, 0.29) is 16.8 Å². The number of aromatic nitrogens is 1. The molecule has 0 saturated carbocycles. The fourth-order valence-corrected chi connectivity index (χ4v) is 1.85. The predicted molar refractivity (Wildman–Crippen MR) is 71.0 cm³/mol. The maximum absolute atomic E-state index is 12.3. The normalized spacial score (nSPS) is 10.4. The second kappa shape index (κ2) is 4.61. The number of carbonyl (C=O) groups is 1. The summed E-state index contributed by atoms with van der Waals surface area (Å²) in [6, 6.07) is 8.67. The monoisotopic (exact) mass is 241 g/mol. The molecular weight excluding hydrogens is 226 g/mol. The Kier molecular flexibility index (Phi) is 3.15. The predicted octanol–water partition coefficient (Wildman–Crippen LogP) is 2.23. The fourth-order valence-electron chi connectivity index (χ4n) is 1.85. The van der Waals surface area contributed by atoms with Crippen LogP contribution < -0.4 is 5.43 Å². The number of ketones is 1. The second-order valence-electron chi connectivity index (χ2n) is 4.45. The van der Waals surface area contributed by atoms with Crippen LogP contribution in [0.25, 0.3) is 0 Å². The number of rotatable bonds is 2. The van der Waals surface area contributed by atoms with Crippen molar-refractivity contribution in [2.24, 2.45) is 7.05 Å². The molecule has 0 bridgehead atoms. The molecule has 2 rings (SSSR count). The summed E-state index contributed by atoms with van der Waals surface area (Å²) in [5.74, 6) is -0.214. The zero-order valence-corrected chi connectivity index (χ0v) is 10.7. The van der Waals surface area contributed by atoms with E-state index in [2.05, 4.69) is 0 Å². The lowest BCUT2D eigenvalue weighted by atomic mass is 10.0. The first-order valence-electron chi connectivity index (χ1n) is 5.78. The number of pyridine rings is 1. The van der Waals surface area contributed by atoms with Gasteiger partial charge in [0.2, 0.25) is 0 Å². The first kappa shape index (κ1) is 12.3. The Morgan fingerprint density at radius 2 is 1.67 bits per heavy atom. The molecule has 18 heavy (non-hydrogen) atoms. The summed E-state index contributed by atoms with van der Waals surface area (Å²) in [5.41, 5.74) is 2.35. The first-order chi connectivity index (χ1) is 8.50. The lowest BCUT2D eigenvalue weighted by molar-refractivity contribution is 0.103. The molecule has 0 aliphatic rings. The molecule has 1 aromatic carbocycles. The van der Waals surface area contributed by atoms with Gasteiger partial charge in [-0.2, -0.15) is 0 Å². The van der Waals surface area contributed by atoms with Crippen molar-refractivity contribution in [2.45, 2.75) is 13.8 Å². The molecule has 3 nitrogen and oxygen atoms in total. The van der Waals surface area contributed by atoms with Crippen molar-refractivity contribution < 1.29 is 4.79 Å². The van der Waals surface area contributed by atoms with E-state index in [1.807, 2.05) is 26.1 Å². The molecule has 0 saturated heterocycles. The van der Waals surface area contributed by atoms with Gasteiger partial charge in [0.15, 0.2) is 11.2 Å². The molecular formula is C15H15NO2. The van der Waals surface area contributed by atoms with Gasteiger partial charge in [0.05, 0.1) is 5.56 Å². The number of hydrogen-bond donors (Lipinski definition) is 0. The van der Waals surface area contributed by atoms with Gasteiger partial charge in [-0.05, 0) is 13.8 Å². The third-order valence-corrected chi connectivity index (χ3v) is 3.13. The Bertz CT molecular complexity index is 651. The highest BCUT2D eigenvalue weighted by atomic mass is 16.1. The van der Waals surface area contributed by atoms with Crippen molar-refractivity contribution in [1.82, 2.24) is 4.57 Å². The summed E-state index contributed by atoms with van der Waals surface area (Å²) in [7, 11) is 1.82. The SMILES string of the molecule is Cc1ccc(C(=O)c2c(C)n(C)ccc2=O)cc1. The molecule has 0 N–H and O–H groups in total. The fraction of sp³-hybridized carbons (Fsp3) is 0.200. The van der Waals surface area contributed by atoms with Crippen LogP contribution in [0.5, 0.6) is 0 Å². The second-order valence-corrected chi connectivity index (χ2v) is 4.45. The Balaban J connectivity index is 2.56. The van der Waals surface area contributed by atoms with Crippen LogP contribution in [0, 0.1) is 13.8 Å². The van der Waals surface area contributed by atoms with Gasteiger partial charge in [-0.3, -0.25) is 9.59 Å². The van der Waals surface area contributed by atoms with E-state index in [0.717, 1.165) is 5.56 Å². The molecule has 0 spiro atoms. The van der Waals surface area contributed by atoms with Crippen LogP contribution in [0.15, 0.2) is 41.3 Å². The largest absolute Gasteiger partial charge is 0.354 e. The number of carbonyl (C=O) groups excluding carboxylic acids is 1. The van der Waals surface area contributed by atoms with E-state index in [1.54, 1.807) is 29.8 Å². The van der Waals surface area contributed by atoms with Crippen molar-refractivity contribution in [3.8, 4) is 0 Å². The summed E-state index contributed by atoms with van der Waals surface area (Å²) >= 11 is 0. The summed E-state index contributed by atoms with van der Waals surface area (Å²) in [6.45, 7) is 3.74. The van der Waals surface area contributed by atoms with Gasteiger partial charge < -0.3 is 4.57 Å². The molecule has 0 atom stereocenters. The molecule has 0 amide bonds. The van der Waals surface area contributed by atoms with Crippen molar-refractivity contribution in [2.75, 3.05) is 0 Å². The van der Waals surface area contributed by atoms with E-state index in [0.29, 0.717) is 11.3 Å². The smallest absolute Gasteiger partial charge is 0.198 e. The average molecular weight is 241 g/mol. The lowest BCUT2D eigenvalue weighted by Crippen LogP contribution is -2.20. The van der Waals surface area contributed by atoms with Gasteiger partial charge in [-0.1, -0.05) is 29.8 Å². The zero-order chi connectivity index (χ0) is 13.3. The van der Waals surface area contributed by atoms with Crippen LogP contribution in [0.3, 0.4) is 0 Å². The van der Waals surface area contributed by atoms with E-state index < -0.39 is 0 Å². The van der Waals surface area contributed by atoms with E-state index in [1.165, 1.54) is 6.07 Å². The quantitative estimate of drug-likeness (QED) is 0.756. The molecule has 0 fully saturated rings. The molecule has 0 radical (unpaired) electrons. The Morgan fingerprint density at radius 3 is 2.28 bits per heavy atom. The van der Waals surface area contributed by atoms with Crippen molar-refractivity contribution in [3.63, 3.8) is 0 Å². The molecule has 3 heteroatoms. The van der Waals surface area contributed by atoms with Gasteiger partial charge in [-0.25, -0.2) is 0 Å². The standard InChI is InChI=1S/C15H15NO2/c1-10-4-6-12(7-5-10)15(18)14-11(2)16(3)9-8-13(14)17/h4-9H,1-3H3. The number of hydrogen-bond acceptors (Lipinski definition) is 2. The molecule has 92 valence electrons. The number of benzene rings is 1. The zero-order valence-electron chi connectivity index (χ0n) is 10.7. The summed E-state index contributed by atoms with van der Waals surface area (Å²) in [6.07, 6.45) is 1.67. The highest BCUT2D eigenvalue weighted by molar-refractivity contribution is 6.09. The van der Waals surface area contributed by atoms with Crippen molar-refractivity contribution >= 4 is 5.78 Å². The average Bonchev–Trinajstić information content (AvgIpc) is 2.35. The van der Waals surface area contributed by atoms with Crippen LogP contribution in [0.1, 0.15) is 27.2 Å². The molecule has 0 unspecified atom stereocenters. The minimum Gasteiger partial charge on any atom is -0.354 e. The Hall–Kier alpha value is -2.16. The van der Waals surface area contributed by atoms with E-state index in [4.69, 9.17) is 0 Å². The lowest BCUT2D eigenvalue weighted by Gasteiger charge is -2.09. The first-order valence-corrected chi connectivity index (χ1v) is 5.78. The van der Waals surface area contributed by atoms with Crippen LogP contribution >= 0.6 is 0 Å². The maximum atomic E-state index is 12.3. The Morgan fingerprint density at radius 1 is 1.06 bits per heavy atom. The highest BCUT2D eigenvalue weighted by Gasteiger charge is 2.16. The van der Waals surface area contributed by atoms with Gasteiger partial charge >= 0.3 is 0 Å². The summed E-state index contributed by atoms with van der Waals surface area (Å²) in [5, 5.41) is 0. The third-order valence-electron chi connectivity index (χ3n) is 3.13. The van der Waals surface area contributed by atoms with Crippen molar-refractivity contribution in [3.05, 3.63) is 69.1 Å². The van der Waals surface area contributed by atoms with Gasteiger partial charge in [-0.15, -0.1) is 0 Å². The topological polar surface area (TPSA) is 39.1 Å². The molecule has 1 aromatic heterocycles. The number of aryl methyl sites for hydroxylation is 2. The molecule has 1 heterocycles. The molecule has 0 aliphatic heterocycles. The Labute approximate surface area is 106 Å². The minimum atomic E-state index is -0.226. The molecule has 0 aliphatic carbocycles. The maximum Gasteiger partial charge on any atom is 0.198 e.